The molecule has 0 bridgehead atoms. The Balaban J connectivity index is 1.21. The highest BCUT2D eigenvalue weighted by atomic mass is 32.2. The third kappa shape index (κ3) is 6.18. The van der Waals surface area contributed by atoms with Crippen LogP contribution in [0, 0.1) is 51.2 Å². The number of hydrogen-bond donors (Lipinski definition) is 2. The van der Waals surface area contributed by atoms with E-state index in [1.165, 1.54) is 74.8 Å². The third-order valence-electron chi connectivity index (χ3n) is 16.4. The molecule has 0 radical (unpaired) electrons. The summed E-state index contributed by atoms with van der Waals surface area (Å²) in [5.41, 5.74) is 3.79. The number of likely N-dealkylation sites (tertiary alicyclic amines) is 1. The van der Waals surface area contributed by atoms with Gasteiger partial charge in [-0.1, -0.05) is 71.1 Å². The molecule has 0 aromatic rings. The van der Waals surface area contributed by atoms with Gasteiger partial charge in [0, 0.05) is 31.0 Å². The number of hydrogen-bond acceptors (Lipinski definition) is 5. The number of sulfone groups is 1. The second-order valence-electron chi connectivity index (χ2n) is 18.8. The third-order valence-corrected chi connectivity index (χ3v) is 18.1. The first kappa shape index (κ1) is 37.1. The highest BCUT2D eigenvalue weighted by Crippen LogP contribution is 2.76. The van der Waals surface area contributed by atoms with Gasteiger partial charge < -0.3 is 15.3 Å². The Morgan fingerprint density at radius 2 is 1.67 bits per heavy atom. The summed E-state index contributed by atoms with van der Waals surface area (Å²) < 4.78 is 24.2. The first-order chi connectivity index (χ1) is 22.9. The molecule has 0 amide bonds. The predicted octanol–water partition coefficient (Wildman–Crippen LogP) is 8.23. The summed E-state index contributed by atoms with van der Waals surface area (Å²) in [6, 6.07) is 0. The molecule has 1 aliphatic heterocycles. The van der Waals surface area contributed by atoms with E-state index in [0.717, 1.165) is 45.4 Å². The number of aliphatic carboxylic acids is 1. The molecule has 2 N–H and O–H groups in total. The summed E-state index contributed by atoms with van der Waals surface area (Å²) in [6.07, 6.45) is 23.7. The van der Waals surface area contributed by atoms with E-state index in [1.807, 2.05) is 6.08 Å². The van der Waals surface area contributed by atoms with Crippen molar-refractivity contribution in [3.63, 3.8) is 0 Å². The van der Waals surface area contributed by atoms with Gasteiger partial charge in [-0.05, 0) is 147 Å². The van der Waals surface area contributed by atoms with Crippen molar-refractivity contribution in [1.82, 2.24) is 10.2 Å². The summed E-state index contributed by atoms with van der Waals surface area (Å²) >= 11 is 0. The van der Waals surface area contributed by atoms with Gasteiger partial charge in [0.05, 0.1) is 5.25 Å². The van der Waals surface area contributed by atoms with Crippen LogP contribution in [0.15, 0.2) is 48.1 Å². The standard InChI is InChI=1S/C42H66N2O4S/c1-29(2)32-16-22-42(43-25-28-44-26-18-31(19-27-44)49(8,47)48)24-23-40(6)33(37(32)42)13-14-35-39(5)20-15-30(11-9-10-12-36(45)46)38(3,4)34(39)17-21-41(35,40)7/h9-12,15,31-35,37,43H,1,13-14,16-28H2,2-8H3,(H,45,46)/t32-,33+,34-,35+,37+,39-,40+,41+,42-/m0/s1. The average Bonchev–Trinajstić information content (AvgIpc) is 3.40. The van der Waals surface area contributed by atoms with Crippen molar-refractivity contribution in [2.24, 2.45) is 51.2 Å². The lowest BCUT2D eigenvalue weighted by molar-refractivity contribution is -0.221. The molecule has 0 spiro atoms. The van der Waals surface area contributed by atoms with Crippen molar-refractivity contribution in [3.8, 4) is 0 Å². The molecule has 6 rings (SSSR count). The molecule has 1 heterocycles. The van der Waals surface area contributed by atoms with Gasteiger partial charge >= 0.3 is 5.97 Å². The van der Waals surface area contributed by atoms with Gasteiger partial charge in [-0.25, -0.2) is 13.2 Å². The molecule has 7 heteroatoms. The summed E-state index contributed by atoms with van der Waals surface area (Å²) in [4.78, 5) is 13.5. The van der Waals surface area contributed by atoms with E-state index in [1.54, 1.807) is 6.08 Å². The van der Waals surface area contributed by atoms with E-state index >= 15 is 0 Å². The first-order valence-corrected chi connectivity index (χ1v) is 21.4. The molecule has 0 aromatic heterocycles. The second-order valence-corrected chi connectivity index (χ2v) is 21.1. The highest BCUT2D eigenvalue weighted by Gasteiger charge is 2.70. The van der Waals surface area contributed by atoms with Crippen LogP contribution in [0.5, 0.6) is 0 Å². The molecule has 0 aromatic carbocycles. The normalized spacial score (nSPS) is 42.7. The second kappa shape index (κ2) is 13.1. The van der Waals surface area contributed by atoms with E-state index in [2.05, 4.69) is 70.5 Å². The molecule has 4 saturated carbocycles. The minimum Gasteiger partial charge on any atom is -0.478 e. The van der Waals surface area contributed by atoms with Crippen LogP contribution >= 0.6 is 0 Å². The predicted molar refractivity (Wildman–Crippen MR) is 201 cm³/mol. The minimum absolute atomic E-state index is 0.0435. The fourth-order valence-electron chi connectivity index (χ4n) is 13.7. The average molecular weight is 695 g/mol. The van der Waals surface area contributed by atoms with Crippen molar-refractivity contribution in [2.75, 3.05) is 32.4 Å². The van der Waals surface area contributed by atoms with Gasteiger partial charge in [0.25, 0.3) is 0 Å². The molecule has 274 valence electrons. The van der Waals surface area contributed by atoms with Crippen LogP contribution in [-0.4, -0.2) is 67.6 Å². The minimum atomic E-state index is -2.95. The topological polar surface area (TPSA) is 86.7 Å². The lowest BCUT2D eigenvalue weighted by atomic mass is 9.33. The van der Waals surface area contributed by atoms with Crippen LogP contribution in [0.1, 0.15) is 112 Å². The lowest BCUT2D eigenvalue weighted by Gasteiger charge is -2.72. The van der Waals surface area contributed by atoms with E-state index < -0.39 is 15.8 Å². The summed E-state index contributed by atoms with van der Waals surface area (Å²) in [5.74, 6) is 2.28. The maximum atomic E-state index is 12.1. The van der Waals surface area contributed by atoms with Gasteiger partial charge in [0.15, 0.2) is 0 Å². The van der Waals surface area contributed by atoms with Crippen LogP contribution in [0.4, 0.5) is 0 Å². The van der Waals surface area contributed by atoms with Crippen LogP contribution in [0.3, 0.4) is 0 Å². The van der Waals surface area contributed by atoms with Crippen LogP contribution < -0.4 is 5.32 Å². The first-order valence-electron chi connectivity index (χ1n) is 19.5. The van der Waals surface area contributed by atoms with Gasteiger partial charge in [0.2, 0.25) is 0 Å². The molecular formula is C42H66N2O4S. The molecule has 5 aliphatic carbocycles. The number of carbonyl (C=O) groups is 1. The molecule has 9 atom stereocenters. The molecule has 6 aliphatic rings. The molecule has 5 fully saturated rings. The van der Waals surface area contributed by atoms with Gasteiger partial charge in [-0.3, -0.25) is 0 Å². The number of nitrogens with zero attached hydrogens (tertiary/aromatic N) is 1. The largest absolute Gasteiger partial charge is 0.478 e. The van der Waals surface area contributed by atoms with E-state index in [-0.39, 0.29) is 21.6 Å². The van der Waals surface area contributed by atoms with E-state index in [4.69, 9.17) is 5.11 Å². The summed E-state index contributed by atoms with van der Waals surface area (Å²) in [5, 5.41) is 13.1. The van der Waals surface area contributed by atoms with Crippen molar-refractivity contribution < 1.29 is 18.3 Å². The Morgan fingerprint density at radius 3 is 2.33 bits per heavy atom. The Hall–Kier alpha value is -1.70. The molecule has 0 unspecified atom stereocenters. The Bertz CT molecular complexity index is 1500. The Labute approximate surface area is 298 Å². The Kier molecular flexibility index (Phi) is 9.88. The quantitative estimate of drug-likeness (QED) is 0.144. The highest BCUT2D eigenvalue weighted by molar-refractivity contribution is 7.91. The SMILES string of the molecule is C=C(C)[C@@H]1CC[C@]2(NCCN3CCC(S(C)(=O)=O)CC3)CC[C@]3(C)[C@H](CC[C@@H]4[C@@]5(C)CC=C(C=CC=CC(=O)O)C(C)(C)[C@@H]5CC[C@]43C)[C@@H]12. The fraction of sp³-hybridized carbons (Fsp3) is 0.786. The molecular weight excluding hydrogens is 629 g/mol. The zero-order valence-corrected chi connectivity index (χ0v) is 32.5. The molecule has 49 heavy (non-hydrogen) atoms. The number of carboxylic acids is 1. The van der Waals surface area contributed by atoms with E-state index in [0.29, 0.717) is 40.4 Å². The maximum Gasteiger partial charge on any atom is 0.328 e. The van der Waals surface area contributed by atoms with Gasteiger partial charge in [0.1, 0.15) is 9.84 Å². The van der Waals surface area contributed by atoms with Crippen molar-refractivity contribution in [2.45, 2.75) is 123 Å². The van der Waals surface area contributed by atoms with Crippen molar-refractivity contribution >= 4 is 15.8 Å². The van der Waals surface area contributed by atoms with Gasteiger partial charge in [-0.2, -0.15) is 0 Å². The number of fused-ring (bicyclic) bond motifs is 7. The monoisotopic (exact) mass is 694 g/mol. The fourth-order valence-corrected chi connectivity index (χ4v) is 14.8. The van der Waals surface area contributed by atoms with Crippen LogP contribution in [0.25, 0.3) is 0 Å². The van der Waals surface area contributed by atoms with E-state index in [9.17, 15) is 13.2 Å². The number of piperidine rings is 1. The smallest absolute Gasteiger partial charge is 0.328 e. The summed E-state index contributed by atoms with van der Waals surface area (Å²) in [7, 11) is -2.95. The molecule has 1 saturated heterocycles. The van der Waals surface area contributed by atoms with Crippen molar-refractivity contribution in [3.05, 3.63) is 48.1 Å². The lowest BCUT2D eigenvalue weighted by Crippen LogP contribution is -2.68. The van der Waals surface area contributed by atoms with Crippen molar-refractivity contribution in [1.29, 1.82) is 0 Å². The maximum absolute atomic E-state index is 12.1. The van der Waals surface area contributed by atoms with Gasteiger partial charge in [-0.15, -0.1) is 0 Å². The number of nitrogens with one attached hydrogen (secondary N) is 1. The van der Waals surface area contributed by atoms with Crippen LogP contribution in [-0.2, 0) is 14.6 Å². The van der Waals surface area contributed by atoms with Crippen LogP contribution in [0.2, 0.25) is 0 Å². The zero-order chi connectivity index (χ0) is 35.6. The Morgan fingerprint density at radius 1 is 0.959 bits per heavy atom. The zero-order valence-electron chi connectivity index (χ0n) is 31.7. The number of allylic oxidation sites excluding steroid dienone is 6. The summed E-state index contributed by atoms with van der Waals surface area (Å²) in [6.45, 7) is 23.6. The number of rotatable bonds is 9. The molecule has 6 nitrogen and oxygen atoms in total. The number of carboxylic acid groups (broad SMARTS) is 1.